The highest BCUT2D eigenvalue weighted by atomic mass is 35.5. The van der Waals surface area contributed by atoms with Crippen LogP contribution in [0.4, 0.5) is 0 Å². The molecule has 18 heavy (non-hydrogen) atoms. The van der Waals surface area contributed by atoms with Crippen molar-refractivity contribution in [1.82, 2.24) is 9.80 Å². The predicted octanol–water partition coefficient (Wildman–Crippen LogP) is 1.22. The average molecular weight is 279 g/mol. The van der Waals surface area contributed by atoms with Crippen LogP contribution in [0.1, 0.15) is 32.6 Å². The van der Waals surface area contributed by atoms with Crippen molar-refractivity contribution in [2.45, 2.75) is 32.6 Å². The number of nitrogens with zero attached hydrogens (tertiary/aromatic N) is 2. The van der Waals surface area contributed by atoms with Gasteiger partial charge >= 0.3 is 5.97 Å². The molecule has 0 aliphatic carbocycles. The Bertz CT molecular complexity index is 268. The summed E-state index contributed by atoms with van der Waals surface area (Å²) in [5.74, 6) is -0.802. The smallest absolute Gasteiger partial charge is 0.317 e. The standard InChI is InChI=1S/C12H22N2O3.ClH/c1-2-6-13(10-12(16)17)9-11(15)14-7-4-3-5-8-14;/h2-10H2,1H3,(H,16,17);1H. The van der Waals surface area contributed by atoms with Crippen LogP contribution in [0.25, 0.3) is 0 Å². The number of aliphatic carboxylic acids is 1. The number of amides is 1. The lowest BCUT2D eigenvalue weighted by atomic mass is 10.1. The van der Waals surface area contributed by atoms with E-state index in [-0.39, 0.29) is 31.4 Å². The molecule has 1 rings (SSSR count). The Morgan fingerprint density at radius 3 is 2.28 bits per heavy atom. The first-order valence-corrected chi connectivity index (χ1v) is 6.35. The van der Waals surface area contributed by atoms with Gasteiger partial charge in [0, 0.05) is 13.1 Å². The van der Waals surface area contributed by atoms with Crippen LogP contribution in [0.5, 0.6) is 0 Å². The quantitative estimate of drug-likeness (QED) is 0.794. The van der Waals surface area contributed by atoms with E-state index in [4.69, 9.17) is 5.11 Å². The fourth-order valence-corrected chi connectivity index (χ4v) is 2.16. The topological polar surface area (TPSA) is 60.9 Å². The van der Waals surface area contributed by atoms with Crippen molar-refractivity contribution >= 4 is 24.3 Å². The number of rotatable bonds is 6. The van der Waals surface area contributed by atoms with Crippen LogP contribution in [-0.2, 0) is 9.59 Å². The highest BCUT2D eigenvalue weighted by Gasteiger charge is 2.19. The Morgan fingerprint density at radius 2 is 1.78 bits per heavy atom. The SMILES string of the molecule is CCCN(CC(=O)O)CC(=O)N1CCCCC1.Cl. The van der Waals surface area contributed by atoms with Gasteiger partial charge in [0.2, 0.25) is 5.91 Å². The van der Waals surface area contributed by atoms with Crippen molar-refractivity contribution in [2.75, 3.05) is 32.7 Å². The number of hydrogen-bond acceptors (Lipinski definition) is 3. The largest absolute Gasteiger partial charge is 0.480 e. The molecular weight excluding hydrogens is 256 g/mol. The van der Waals surface area contributed by atoms with Gasteiger partial charge in [0.1, 0.15) is 0 Å². The Balaban J connectivity index is 0.00000289. The van der Waals surface area contributed by atoms with Gasteiger partial charge in [0.05, 0.1) is 13.1 Å². The number of carboxylic acids is 1. The number of carbonyl (C=O) groups is 2. The summed E-state index contributed by atoms with van der Waals surface area (Å²) in [6.45, 7) is 4.48. The Kier molecular flexibility index (Phi) is 8.75. The zero-order valence-electron chi connectivity index (χ0n) is 10.9. The molecule has 1 aliphatic rings. The maximum Gasteiger partial charge on any atom is 0.317 e. The summed E-state index contributed by atoms with van der Waals surface area (Å²) in [5.41, 5.74) is 0. The molecule has 0 aromatic rings. The summed E-state index contributed by atoms with van der Waals surface area (Å²) in [4.78, 5) is 26.2. The molecule has 1 aliphatic heterocycles. The second-order valence-corrected chi connectivity index (χ2v) is 4.55. The molecular formula is C12H23ClN2O3. The number of hydrogen-bond donors (Lipinski definition) is 1. The maximum absolute atomic E-state index is 12.0. The summed E-state index contributed by atoms with van der Waals surface area (Å²) in [6.07, 6.45) is 4.19. The molecule has 0 unspecified atom stereocenters. The third-order valence-electron chi connectivity index (χ3n) is 2.97. The highest BCUT2D eigenvalue weighted by Crippen LogP contribution is 2.09. The zero-order valence-corrected chi connectivity index (χ0v) is 11.7. The van der Waals surface area contributed by atoms with E-state index in [2.05, 4.69) is 0 Å². The lowest BCUT2D eigenvalue weighted by molar-refractivity contribution is -0.140. The summed E-state index contributed by atoms with van der Waals surface area (Å²) in [6, 6.07) is 0. The Hall–Kier alpha value is -0.810. The molecule has 0 aromatic carbocycles. The first kappa shape index (κ1) is 17.2. The second kappa shape index (κ2) is 9.16. The van der Waals surface area contributed by atoms with Gasteiger partial charge in [-0.25, -0.2) is 0 Å². The summed E-state index contributed by atoms with van der Waals surface area (Å²) >= 11 is 0. The van der Waals surface area contributed by atoms with Crippen LogP contribution in [0.15, 0.2) is 0 Å². The van der Waals surface area contributed by atoms with E-state index in [1.807, 2.05) is 11.8 Å². The van der Waals surface area contributed by atoms with E-state index in [0.29, 0.717) is 6.54 Å². The molecule has 1 amide bonds. The fraction of sp³-hybridized carbons (Fsp3) is 0.833. The second-order valence-electron chi connectivity index (χ2n) is 4.55. The molecule has 0 spiro atoms. The van der Waals surface area contributed by atoms with Crippen LogP contribution in [0.2, 0.25) is 0 Å². The van der Waals surface area contributed by atoms with Gasteiger partial charge in [0.25, 0.3) is 0 Å². The number of likely N-dealkylation sites (tertiary alicyclic amines) is 1. The number of halogens is 1. The van der Waals surface area contributed by atoms with Crippen molar-refractivity contribution in [3.63, 3.8) is 0 Å². The normalized spacial score (nSPS) is 15.3. The average Bonchev–Trinajstić information content (AvgIpc) is 2.29. The van der Waals surface area contributed by atoms with Crippen molar-refractivity contribution < 1.29 is 14.7 Å². The molecule has 6 heteroatoms. The van der Waals surface area contributed by atoms with Gasteiger partial charge < -0.3 is 10.0 Å². The summed E-state index contributed by atoms with van der Waals surface area (Å²) in [7, 11) is 0. The van der Waals surface area contributed by atoms with Crippen LogP contribution in [0, 0.1) is 0 Å². The third-order valence-corrected chi connectivity index (χ3v) is 2.97. The van der Waals surface area contributed by atoms with E-state index < -0.39 is 5.97 Å². The maximum atomic E-state index is 12.0. The van der Waals surface area contributed by atoms with E-state index in [0.717, 1.165) is 32.4 Å². The minimum absolute atomic E-state index is 0. The lowest BCUT2D eigenvalue weighted by Crippen LogP contribution is -2.44. The van der Waals surface area contributed by atoms with Crippen molar-refractivity contribution in [2.24, 2.45) is 0 Å². The minimum Gasteiger partial charge on any atom is -0.480 e. The molecule has 1 heterocycles. The van der Waals surface area contributed by atoms with Crippen molar-refractivity contribution in [3.8, 4) is 0 Å². The summed E-state index contributed by atoms with van der Waals surface area (Å²) < 4.78 is 0. The molecule has 1 saturated heterocycles. The lowest BCUT2D eigenvalue weighted by Gasteiger charge is -2.29. The number of carbonyl (C=O) groups excluding carboxylic acids is 1. The highest BCUT2D eigenvalue weighted by molar-refractivity contribution is 5.85. The molecule has 0 bridgehead atoms. The molecule has 0 aromatic heterocycles. The van der Waals surface area contributed by atoms with Gasteiger partial charge in [-0.2, -0.15) is 0 Å². The summed E-state index contributed by atoms with van der Waals surface area (Å²) in [5, 5.41) is 8.77. The molecule has 1 fully saturated rings. The van der Waals surface area contributed by atoms with Crippen molar-refractivity contribution in [3.05, 3.63) is 0 Å². The van der Waals surface area contributed by atoms with E-state index >= 15 is 0 Å². The molecule has 5 nitrogen and oxygen atoms in total. The fourth-order valence-electron chi connectivity index (χ4n) is 2.16. The zero-order chi connectivity index (χ0) is 12.7. The molecule has 106 valence electrons. The van der Waals surface area contributed by atoms with Crippen LogP contribution < -0.4 is 0 Å². The van der Waals surface area contributed by atoms with E-state index in [9.17, 15) is 9.59 Å². The first-order valence-electron chi connectivity index (χ1n) is 6.35. The van der Waals surface area contributed by atoms with Crippen molar-refractivity contribution in [1.29, 1.82) is 0 Å². The van der Waals surface area contributed by atoms with Gasteiger partial charge in [0.15, 0.2) is 0 Å². The van der Waals surface area contributed by atoms with Gasteiger partial charge in [-0.05, 0) is 32.2 Å². The number of carboxylic acid groups (broad SMARTS) is 1. The number of piperidine rings is 1. The van der Waals surface area contributed by atoms with Gasteiger partial charge in [-0.1, -0.05) is 6.92 Å². The van der Waals surface area contributed by atoms with E-state index in [1.165, 1.54) is 6.42 Å². The predicted molar refractivity (Wildman–Crippen MR) is 72.0 cm³/mol. The van der Waals surface area contributed by atoms with Crippen LogP contribution >= 0.6 is 12.4 Å². The van der Waals surface area contributed by atoms with Crippen LogP contribution in [0.3, 0.4) is 0 Å². The van der Waals surface area contributed by atoms with Crippen LogP contribution in [-0.4, -0.2) is 59.5 Å². The Morgan fingerprint density at radius 1 is 1.17 bits per heavy atom. The molecule has 1 N–H and O–H groups in total. The monoisotopic (exact) mass is 278 g/mol. The molecule has 0 atom stereocenters. The van der Waals surface area contributed by atoms with Gasteiger partial charge in [-0.15, -0.1) is 12.4 Å². The van der Waals surface area contributed by atoms with Gasteiger partial charge in [-0.3, -0.25) is 14.5 Å². The molecule has 0 saturated carbocycles. The first-order chi connectivity index (χ1) is 8.13. The van der Waals surface area contributed by atoms with E-state index in [1.54, 1.807) is 4.90 Å². The third kappa shape index (κ3) is 6.21. The minimum atomic E-state index is -0.870. The Labute approximate surface area is 115 Å². The molecule has 0 radical (unpaired) electrons.